The molecule has 2 amide bonds. The van der Waals surface area contributed by atoms with E-state index in [1.165, 1.54) is 0 Å². The Labute approximate surface area is 181 Å². The van der Waals surface area contributed by atoms with Gasteiger partial charge in [0.1, 0.15) is 6.33 Å². The number of piperazine rings is 1. The van der Waals surface area contributed by atoms with Crippen molar-refractivity contribution < 1.29 is 9.59 Å². The smallest absolute Gasteiger partial charge is 0.293 e. The van der Waals surface area contributed by atoms with Gasteiger partial charge in [0.25, 0.3) is 11.8 Å². The van der Waals surface area contributed by atoms with Crippen molar-refractivity contribution in [2.24, 2.45) is 0 Å². The van der Waals surface area contributed by atoms with Crippen molar-refractivity contribution in [3.63, 3.8) is 0 Å². The van der Waals surface area contributed by atoms with E-state index in [2.05, 4.69) is 10.1 Å². The van der Waals surface area contributed by atoms with Crippen LogP contribution in [-0.4, -0.2) is 62.1 Å². The van der Waals surface area contributed by atoms with E-state index < -0.39 is 0 Å². The topological polar surface area (TPSA) is 97.4 Å². The molecular weight excluding hydrogens is 392 g/mol. The number of rotatable bonds is 3. The third-order valence-corrected chi connectivity index (χ3v) is 5.65. The minimum atomic E-state index is -0.232. The maximum absolute atomic E-state index is 13.0. The molecular formula is C23H26N6O2. The molecule has 0 saturated carbocycles. The molecule has 1 unspecified atom stereocenters. The monoisotopic (exact) mass is 418 g/mol. The lowest BCUT2D eigenvalue weighted by Gasteiger charge is -2.39. The Morgan fingerprint density at radius 3 is 2.58 bits per heavy atom. The lowest BCUT2D eigenvalue weighted by atomic mass is 10.1. The number of hydrogen-bond donors (Lipinski definition) is 1. The van der Waals surface area contributed by atoms with Crippen molar-refractivity contribution in [2.45, 2.75) is 26.8 Å². The molecule has 8 nitrogen and oxygen atoms in total. The summed E-state index contributed by atoms with van der Waals surface area (Å²) < 4.78 is 1.60. The van der Waals surface area contributed by atoms with E-state index in [1.54, 1.807) is 32.9 Å². The van der Waals surface area contributed by atoms with Crippen LogP contribution in [0.25, 0.3) is 5.69 Å². The summed E-state index contributed by atoms with van der Waals surface area (Å²) in [5.74, 6) is -0.155. The molecule has 31 heavy (non-hydrogen) atoms. The molecule has 0 aliphatic carbocycles. The van der Waals surface area contributed by atoms with E-state index in [1.807, 2.05) is 51.1 Å². The molecule has 4 rings (SSSR count). The average Bonchev–Trinajstić information content (AvgIpc) is 3.25. The number of hydrogen-bond acceptors (Lipinski definition) is 5. The molecule has 1 saturated heterocycles. The van der Waals surface area contributed by atoms with Gasteiger partial charge >= 0.3 is 0 Å². The Hall–Kier alpha value is -3.68. The molecule has 8 heteroatoms. The van der Waals surface area contributed by atoms with Crippen LogP contribution in [0.1, 0.15) is 39.0 Å². The van der Waals surface area contributed by atoms with E-state index in [9.17, 15) is 9.59 Å². The van der Waals surface area contributed by atoms with Gasteiger partial charge in [-0.25, -0.2) is 9.67 Å². The van der Waals surface area contributed by atoms with Crippen molar-refractivity contribution in [3.8, 4) is 5.69 Å². The summed E-state index contributed by atoms with van der Waals surface area (Å²) in [5.41, 5.74) is 10.0. The third kappa shape index (κ3) is 4.14. The zero-order chi connectivity index (χ0) is 22.1. The number of aryl methyl sites for hydroxylation is 2. The maximum atomic E-state index is 13.0. The van der Waals surface area contributed by atoms with Crippen molar-refractivity contribution >= 4 is 17.5 Å². The van der Waals surface area contributed by atoms with Gasteiger partial charge in [-0.05, 0) is 56.2 Å². The largest absolute Gasteiger partial charge is 0.398 e. The molecule has 1 aromatic heterocycles. The summed E-state index contributed by atoms with van der Waals surface area (Å²) in [6.45, 7) is 7.14. The van der Waals surface area contributed by atoms with Crippen molar-refractivity contribution in [3.05, 3.63) is 71.3 Å². The number of carbonyl (C=O) groups excluding carboxylic acids is 2. The van der Waals surface area contributed by atoms with Crippen LogP contribution >= 0.6 is 0 Å². The van der Waals surface area contributed by atoms with Crippen LogP contribution in [0.15, 0.2) is 48.8 Å². The first-order valence-corrected chi connectivity index (χ1v) is 10.3. The lowest BCUT2D eigenvalue weighted by molar-refractivity contribution is 0.0408. The van der Waals surface area contributed by atoms with Crippen molar-refractivity contribution in [1.29, 1.82) is 0 Å². The molecule has 0 bridgehead atoms. The molecule has 1 aliphatic heterocycles. The van der Waals surface area contributed by atoms with E-state index in [0.29, 0.717) is 30.9 Å². The number of carbonyl (C=O) groups is 2. The van der Waals surface area contributed by atoms with Crippen LogP contribution in [0, 0.1) is 13.8 Å². The second-order valence-corrected chi connectivity index (χ2v) is 8.02. The lowest BCUT2D eigenvalue weighted by Crippen LogP contribution is -2.55. The average molecular weight is 419 g/mol. The SMILES string of the molecule is Cc1cccc(-n2cnc(C(=O)N3CCN(C(=O)c4ccc(C)c(N)c4)C(C)C3)n2)c1. The first-order valence-electron chi connectivity index (χ1n) is 10.3. The Bertz CT molecular complexity index is 1140. The van der Waals surface area contributed by atoms with Crippen LogP contribution in [0.4, 0.5) is 5.69 Å². The molecule has 2 heterocycles. The summed E-state index contributed by atoms with van der Waals surface area (Å²) in [5, 5.41) is 4.36. The van der Waals surface area contributed by atoms with Gasteiger partial charge in [0.15, 0.2) is 0 Å². The number of amides is 2. The van der Waals surface area contributed by atoms with E-state index >= 15 is 0 Å². The normalized spacial score (nSPS) is 16.4. The summed E-state index contributed by atoms with van der Waals surface area (Å²) in [7, 11) is 0. The Balaban J connectivity index is 1.44. The van der Waals surface area contributed by atoms with E-state index in [-0.39, 0.29) is 23.7 Å². The number of nitrogen functional groups attached to an aromatic ring is 1. The van der Waals surface area contributed by atoms with Gasteiger partial charge in [0.05, 0.1) is 5.69 Å². The van der Waals surface area contributed by atoms with Gasteiger partial charge in [-0.1, -0.05) is 18.2 Å². The summed E-state index contributed by atoms with van der Waals surface area (Å²) in [6, 6.07) is 13.1. The maximum Gasteiger partial charge on any atom is 0.293 e. The van der Waals surface area contributed by atoms with Crippen LogP contribution in [-0.2, 0) is 0 Å². The molecule has 3 aromatic rings. The van der Waals surface area contributed by atoms with Crippen molar-refractivity contribution in [2.75, 3.05) is 25.4 Å². The second kappa shape index (κ2) is 8.22. The minimum Gasteiger partial charge on any atom is -0.398 e. The third-order valence-electron chi connectivity index (χ3n) is 5.65. The van der Waals surface area contributed by atoms with Gasteiger partial charge in [0.2, 0.25) is 5.82 Å². The minimum absolute atomic E-state index is 0.0758. The number of nitrogens with zero attached hydrogens (tertiary/aromatic N) is 5. The zero-order valence-corrected chi connectivity index (χ0v) is 17.9. The number of anilines is 1. The molecule has 2 aromatic carbocycles. The highest BCUT2D eigenvalue weighted by atomic mass is 16.2. The molecule has 1 aliphatic rings. The number of nitrogens with two attached hydrogens (primary N) is 1. The number of benzene rings is 2. The predicted octanol–water partition coefficient (Wildman–Crippen LogP) is 2.45. The van der Waals surface area contributed by atoms with Gasteiger partial charge in [0, 0.05) is 36.9 Å². The molecule has 160 valence electrons. The van der Waals surface area contributed by atoms with Crippen LogP contribution in [0.2, 0.25) is 0 Å². The fourth-order valence-corrected chi connectivity index (χ4v) is 3.78. The van der Waals surface area contributed by atoms with E-state index in [0.717, 1.165) is 16.8 Å². The molecule has 0 radical (unpaired) electrons. The highest BCUT2D eigenvalue weighted by Crippen LogP contribution is 2.19. The highest BCUT2D eigenvalue weighted by Gasteiger charge is 2.32. The van der Waals surface area contributed by atoms with Crippen molar-refractivity contribution in [1.82, 2.24) is 24.6 Å². The first-order chi connectivity index (χ1) is 14.8. The fraction of sp³-hybridized carbons (Fsp3) is 0.304. The van der Waals surface area contributed by atoms with Gasteiger partial charge in [-0.3, -0.25) is 9.59 Å². The summed E-state index contributed by atoms with van der Waals surface area (Å²) >= 11 is 0. The van der Waals surface area contributed by atoms with E-state index in [4.69, 9.17) is 5.73 Å². The Kier molecular flexibility index (Phi) is 5.46. The molecule has 1 atom stereocenters. The summed E-state index contributed by atoms with van der Waals surface area (Å²) in [4.78, 5) is 33.6. The van der Waals surface area contributed by atoms with Gasteiger partial charge in [-0.2, -0.15) is 0 Å². The Morgan fingerprint density at radius 2 is 1.87 bits per heavy atom. The summed E-state index contributed by atoms with van der Waals surface area (Å²) in [6.07, 6.45) is 1.55. The molecule has 2 N–H and O–H groups in total. The standard InChI is InChI=1S/C23H26N6O2/c1-15-5-4-6-19(11-15)29-14-25-21(26-29)23(31)27-9-10-28(17(3)13-27)22(30)18-8-7-16(2)20(24)12-18/h4-8,11-12,14,17H,9-10,13,24H2,1-3H3. The Morgan fingerprint density at radius 1 is 1.06 bits per heavy atom. The quantitative estimate of drug-likeness (QED) is 0.659. The molecule has 1 fully saturated rings. The second-order valence-electron chi connectivity index (χ2n) is 8.02. The van der Waals surface area contributed by atoms with Gasteiger partial charge < -0.3 is 15.5 Å². The number of aromatic nitrogens is 3. The van der Waals surface area contributed by atoms with Crippen LogP contribution in [0.5, 0.6) is 0 Å². The predicted molar refractivity (Wildman–Crippen MR) is 118 cm³/mol. The zero-order valence-electron chi connectivity index (χ0n) is 17.9. The molecule has 0 spiro atoms. The fourth-order valence-electron chi connectivity index (χ4n) is 3.78. The highest BCUT2D eigenvalue weighted by molar-refractivity contribution is 5.96. The first kappa shape index (κ1) is 20.6. The van der Waals surface area contributed by atoms with Crippen LogP contribution < -0.4 is 5.73 Å². The van der Waals surface area contributed by atoms with Gasteiger partial charge in [-0.15, -0.1) is 5.10 Å². The van der Waals surface area contributed by atoms with Crippen LogP contribution in [0.3, 0.4) is 0 Å².